The van der Waals surface area contributed by atoms with Crippen LogP contribution in [0.2, 0.25) is 0 Å². The van der Waals surface area contributed by atoms with E-state index < -0.39 is 0 Å². The van der Waals surface area contributed by atoms with Gasteiger partial charge in [-0.05, 0) is 63.8 Å². The molecule has 5 nitrogen and oxygen atoms in total. The van der Waals surface area contributed by atoms with E-state index in [4.69, 9.17) is 9.72 Å². The minimum Gasteiger partial charge on any atom is -0.493 e. The molecule has 3 aromatic rings. The summed E-state index contributed by atoms with van der Waals surface area (Å²) in [5.41, 5.74) is 4.47. The fourth-order valence-corrected chi connectivity index (χ4v) is 3.77. The molecule has 4 rings (SSSR count). The molecular weight excluding hydrogens is 362 g/mol. The molecular formula is C24H29N3O2. The number of carbonyl (C=O) groups excluding carboxylic acids is 1. The van der Waals surface area contributed by atoms with E-state index in [1.54, 1.807) is 0 Å². The molecule has 1 N–H and O–H groups in total. The van der Waals surface area contributed by atoms with Gasteiger partial charge in [-0.15, -0.1) is 0 Å². The van der Waals surface area contributed by atoms with E-state index >= 15 is 0 Å². The topological polar surface area (TPSA) is 56.1 Å². The van der Waals surface area contributed by atoms with Crippen molar-refractivity contribution in [3.8, 4) is 5.75 Å². The Morgan fingerprint density at radius 3 is 2.79 bits per heavy atom. The van der Waals surface area contributed by atoms with E-state index in [0.717, 1.165) is 54.0 Å². The number of carbonyl (C=O) groups is 1. The fraction of sp³-hybridized carbons (Fsp3) is 0.417. The zero-order chi connectivity index (χ0) is 20.4. The molecule has 1 amide bonds. The molecule has 1 atom stereocenters. The first kappa shape index (κ1) is 19.5. The Kier molecular flexibility index (Phi) is 5.56. The standard InChI is InChI=1S/C24H29N3O2/c1-16-9-12-22(17(2)15-16)29-14-6-13-27-21-8-5-4-7-20(21)26-23(27)18(3)25-24(28)19-10-11-19/h4-5,7-9,12,15,18-19H,6,10-11,13-14H2,1-3H3,(H,25,28). The van der Waals surface area contributed by atoms with Crippen LogP contribution in [0.15, 0.2) is 42.5 Å². The van der Waals surface area contributed by atoms with Crippen molar-refractivity contribution in [2.45, 2.75) is 52.6 Å². The van der Waals surface area contributed by atoms with E-state index in [2.05, 4.69) is 41.9 Å². The highest BCUT2D eigenvalue weighted by Gasteiger charge is 2.31. The third kappa shape index (κ3) is 4.44. The van der Waals surface area contributed by atoms with Gasteiger partial charge < -0.3 is 14.6 Å². The van der Waals surface area contributed by atoms with Crippen molar-refractivity contribution < 1.29 is 9.53 Å². The van der Waals surface area contributed by atoms with Gasteiger partial charge in [0.05, 0.1) is 23.7 Å². The Balaban J connectivity index is 1.45. The van der Waals surface area contributed by atoms with E-state index in [9.17, 15) is 4.79 Å². The van der Waals surface area contributed by atoms with E-state index in [1.807, 2.05) is 31.2 Å². The molecule has 1 aliphatic carbocycles. The molecule has 1 aliphatic rings. The lowest BCUT2D eigenvalue weighted by atomic mass is 10.1. The number of aromatic nitrogens is 2. The molecule has 1 aromatic heterocycles. The molecule has 1 fully saturated rings. The number of benzene rings is 2. The smallest absolute Gasteiger partial charge is 0.223 e. The average Bonchev–Trinajstić information content (AvgIpc) is 3.48. The molecule has 5 heteroatoms. The van der Waals surface area contributed by atoms with Gasteiger partial charge in [0.25, 0.3) is 0 Å². The predicted molar refractivity (Wildman–Crippen MR) is 115 cm³/mol. The molecule has 0 aliphatic heterocycles. The van der Waals surface area contributed by atoms with Crippen LogP contribution in [0.3, 0.4) is 0 Å². The number of aryl methyl sites for hydroxylation is 3. The highest BCUT2D eigenvalue weighted by Crippen LogP contribution is 2.30. The number of ether oxygens (including phenoxy) is 1. The van der Waals surface area contributed by atoms with Gasteiger partial charge >= 0.3 is 0 Å². The van der Waals surface area contributed by atoms with E-state index in [0.29, 0.717) is 6.61 Å². The van der Waals surface area contributed by atoms with Gasteiger partial charge in [-0.3, -0.25) is 4.79 Å². The largest absolute Gasteiger partial charge is 0.493 e. The third-order valence-electron chi connectivity index (χ3n) is 5.49. The van der Waals surface area contributed by atoms with Crippen LogP contribution in [0.4, 0.5) is 0 Å². The molecule has 0 spiro atoms. The number of nitrogens with zero attached hydrogens (tertiary/aromatic N) is 2. The van der Waals surface area contributed by atoms with Gasteiger partial charge in [0.1, 0.15) is 11.6 Å². The summed E-state index contributed by atoms with van der Waals surface area (Å²) in [5, 5.41) is 3.13. The lowest BCUT2D eigenvalue weighted by molar-refractivity contribution is -0.123. The lowest BCUT2D eigenvalue weighted by Crippen LogP contribution is -2.30. The van der Waals surface area contributed by atoms with Crippen molar-refractivity contribution in [2.75, 3.05) is 6.61 Å². The molecule has 1 heterocycles. The van der Waals surface area contributed by atoms with Gasteiger partial charge in [0.15, 0.2) is 0 Å². The summed E-state index contributed by atoms with van der Waals surface area (Å²) in [6.07, 6.45) is 2.87. The van der Waals surface area contributed by atoms with Crippen molar-refractivity contribution in [3.05, 3.63) is 59.4 Å². The monoisotopic (exact) mass is 391 g/mol. The lowest BCUT2D eigenvalue weighted by Gasteiger charge is -2.17. The highest BCUT2D eigenvalue weighted by molar-refractivity contribution is 5.81. The van der Waals surface area contributed by atoms with Crippen molar-refractivity contribution in [1.82, 2.24) is 14.9 Å². The van der Waals surface area contributed by atoms with Crippen LogP contribution in [-0.4, -0.2) is 22.1 Å². The Labute approximate surface area is 172 Å². The quantitative estimate of drug-likeness (QED) is 0.566. The SMILES string of the molecule is Cc1ccc(OCCCn2c(C(C)NC(=O)C3CC3)nc3ccccc32)c(C)c1. The number of imidazole rings is 1. The minimum absolute atomic E-state index is 0.115. The van der Waals surface area contributed by atoms with Crippen LogP contribution in [0, 0.1) is 19.8 Å². The van der Waals surface area contributed by atoms with Crippen LogP contribution in [0.5, 0.6) is 5.75 Å². The Morgan fingerprint density at radius 1 is 1.24 bits per heavy atom. The first-order valence-electron chi connectivity index (χ1n) is 10.5. The summed E-state index contributed by atoms with van der Waals surface area (Å²) in [4.78, 5) is 17.0. The van der Waals surface area contributed by atoms with Crippen molar-refractivity contribution in [3.63, 3.8) is 0 Å². The first-order chi connectivity index (χ1) is 14.0. The maximum atomic E-state index is 12.2. The number of rotatable bonds is 8. The van der Waals surface area contributed by atoms with Crippen molar-refractivity contribution in [1.29, 1.82) is 0 Å². The number of amides is 1. The summed E-state index contributed by atoms with van der Waals surface area (Å²) in [7, 11) is 0. The maximum Gasteiger partial charge on any atom is 0.223 e. The summed E-state index contributed by atoms with van der Waals surface area (Å²) in [6, 6.07) is 14.3. The summed E-state index contributed by atoms with van der Waals surface area (Å²) < 4.78 is 8.22. The molecule has 1 saturated carbocycles. The number of para-hydroxylation sites is 2. The Hall–Kier alpha value is -2.82. The second-order valence-electron chi connectivity index (χ2n) is 8.09. The van der Waals surface area contributed by atoms with Crippen molar-refractivity contribution >= 4 is 16.9 Å². The van der Waals surface area contributed by atoms with Crippen LogP contribution in [0.1, 0.15) is 49.2 Å². The zero-order valence-electron chi connectivity index (χ0n) is 17.4. The number of fused-ring (bicyclic) bond motifs is 1. The van der Waals surface area contributed by atoms with Gasteiger partial charge in [-0.1, -0.05) is 29.8 Å². The second kappa shape index (κ2) is 8.27. The predicted octanol–water partition coefficient (Wildman–Crippen LogP) is 4.71. The molecule has 1 unspecified atom stereocenters. The molecule has 152 valence electrons. The second-order valence-corrected chi connectivity index (χ2v) is 8.09. The fourth-order valence-electron chi connectivity index (χ4n) is 3.77. The number of nitrogens with one attached hydrogen (secondary N) is 1. The van der Waals surface area contributed by atoms with Gasteiger partial charge in [-0.25, -0.2) is 4.98 Å². The third-order valence-corrected chi connectivity index (χ3v) is 5.49. The number of hydrogen-bond acceptors (Lipinski definition) is 3. The highest BCUT2D eigenvalue weighted by atomic mass is 16.5. The molecule has 2 aromatic carbocycles. The van der Waals surface area contributed by atoms with E-state index in [-0.39, 0.29) is 17.9 Å². The van der Waals surface area contributed by atoms with E-state index in [1.165, 1.54) is 5.56 Å². The van der Waals surface area contributed by atoms with Crippen LogP contribution in [-0.2, 0) is 11.3 Å². The summed E-state index contributed by atoms with van der Waals surface area (Å²) in [5.74, 6) is 2.19. The van der Waals surface area contributed by atoms with Gasteiger partial charge in [0.2, 0.25) is 5.91 Å². The minimum atomic E-state index is -0.115. The Bertz CT molecular complexity index is 1020. The van der Waals surface area contributed by atoms with Crippen molar-refractivity contribution in [2.24, 2.45) is 5.92 Å². The van der Waals surface area contributed by atoms with Gasteiger partial charge in [0, 0.05) is 12.5 Å². The summed E-state index contributed by atoms with van der Waals surface area (Å²) in [6.45, 7) is 7.62. The normalized spacial score (nSPS) is 14.7. The number of hydrogen-bond donors (Lipinski definition) is 1. The van der Waals surface area contributed by atoms with Crippen LogP contribution >= 0.6 is 0 Å². The summed E-state index contributed by atoms with van der Waals surface area (Å²) >= 11 is 0. The van der Waals surface area contributed by atoms with Gasteiger partial charge in [-0.2, -0.15) is 0 Å². The zero-order valence-corrected chi connectivity index (χ0v) is 17.4. The average molecular weight is 392 g/mol. The van der Waals surface area contributed by atoms with Crippen LogP contribution < -0.4 is 10.1 Å². The first-order valence-corrected chi connectivity index (χ1v) is 10.5. The maximum absolute atomic E-state index is 12.2. The molecule has 0 bridgehead atoms. The Morgan fingerprint density at radius 2 is 2.03 bits per heavy atom. The molecule has 0 saturated heterocycles. The van der Waals surface area contributed by atoms with Crippen LogP contribution in [0.25, 0.3) is 11.0 Å². The molecule has 29 heavy (non-hydrogen) atoms. The molecule has 0 radical (unpaired) electrons.